The van der Waals surface area contributed by atoms with Gasteiger partial charge in [0.05, 0.1) is 19.1 Å². The second-order valence-corrected chi connectivity index (χ2v) is 8.32. The molecular weight excluding hydrogens is 366 g/mol. The number of rotatable bonds is 7. The highest BCUT2D eigenvalue weighted by molar-refractivity contribution is 5.80. The second kappa shape index (κ2) is 10.6. The van der Waals surface area contributed by atoms with Gasteiger partial charge in [0.1, 0.15) is 0 Å². The second-order valence-electron chi connectivity index (χ2n) is 8.32. The summed E-state index contributed by atoms with van der Waals surface area (Å²) in [6.45, 7) is 6.82. The Morgan fingerprint density at radius 3 is 2.48 bits per heavy atom. The van der Waals surface area contributed by atoms with Crippen molar-refractivity contribution in [2.24, 2.45) is 5.92 Å². The SMILES string of the molecule is CCOC(=O)C1CCCN(C(=O)CN(C)Cc2ccc(N3CCCCC3)cc2)C1. The Bertz CT molecular complexity index is 670. The van der Waals surface area contributed by atoms with Gasteiger partial charge in [-0.1, -0.05) is 12.1 Å². The minimum absolute atomic E-state index is 0.0893. The zero-order valence-corrected chi connectivity index (χ0v) is 17.9. The molecular formula is C23H35N3O3. The lowest BCUT2D eigenvalue weighted by Gasteiger charge is -2.32. The van der Waals surface area contributed by atoms with Crippen LogP contribution in [0, 0.1) is 5.92 Å². The maximum absolute atomic E-state index is 12.7. The van der Waals surface area contributed by atoms with E-state index >= 15 is 0 Å². The van der Waals surface area contributed by atoms with Gasteiger partial charge in [0, 0.05) is 38.4 Å². The van der Waals surface area contributed by atoms with E-state index in [2.05, 4.69) is 29.2 Å². The minimum Gasteiger partial charge on any atom is -0.466 e. The molecule has 2 heterocycles. The number of nitrogens with zero attached hydrogens (tertiary/aromatic N) is 3. The van der Waals surface area contributed by atoms with Gasteiger partial charge in [-0.05, 0) is 63.8 Å². The number of hydrogen-bond acceptors (Lipinski definition) is 5. The number of carbonyl (C=O) groups excluding carboxylic acids is 2. The molecule has 6 nitrogen and oxygen atoms in total. The molecule has 160 valence electrons. The largest absolute Gasteiger partial charge is 0.466 e. The Morgan fingerprint density at radius 1 is 1.07 bits per heavy atom. The molecule has 1 unspecified atom stereocenters. The van der Waals surface area contributed by atoms with E-state index in [1.165, 1.54) is 30.5 Å². The molecule has 1 atom stereocenters. The summed E-state index contributed by atoms with van der Waals surface area (Å²) in [4.78, 5) is 31.0. The van der Waals surface area contributed by atoms with Crippen LogP contribution in [0.1, 0.15) is 44.6 Å². The molecule has 2 aliphatic rings. The Labute approximate surface area is 174 Å². The van der Waals surface area contributed by atoms with Crippen molar-refractivity contribution in [3.63, 3.8) is 0 Å². The number of likely N-dealkylation sites (tertiary alicyclic amines) is 1. The van der Waals surface area contributed by atoms with Crippen molar-refractivity contribution in [1.29, 1.82) is 0 Å². The van der Waals surface area contributed by atoms with Gasteiger partial charge < -0.3 is 14.5 Å². The van der Waals surface area contributed by atoms with Crippen molar-refractivity contribution in [2.75, 3.05) is 51.3 Å². The van der Waals surface area contributed by atoms with Crippen LogP contribution in [0.2, 0.25) is 0 Å². The monoisotopic (exact) mass is 401 g/mol. The lowest BCUT2D eigenvalue weighted by molar-refractivity contribution is -0.151. The average Bonchev–Trinajstić information content (AvgIpc) is 2.75. The zero-order valence-electron chi connectivity index (χ0n) is 17.9. The van der Waals surface area contributed by atoms with Gasteiger partial charge in [-0.25, -0.2) is 0 Å². The van der Waals surface area contributed by atoms with E-state index in [1.54, 1.807) is 0 Å². The molecule has 0 aliphatic carbocycles. The molecule has 2 saturated heterocycles. The van der Waals surface area contributed by atoms with Crippen LogP contribution in [0.4, 0.5) is 5.69 Å². The zero-order chi connectivity index (χ0) is 20.6. The molecule has 0 spiro atoms. The maximum atomic E-state index is 12.7. The summed E-state index contributed by atoms with van der Waals surface area (Å²) in [7, 11) is 1.98. The lowest BCUT2D eigenvalue weighted by Crippen LogP contribution is -2.46. The maximum Gasteiger partial charge on any atom is 0.310 e. The van der Waals surface area contributed by atoms with Gasteiger partial charge in [-0.15, -0.1) is 0 Å². The first kappa shape index (κ1) is 21.6. The molecule has 2 aliphatic heterocycles. The van der Waals surface area contributed by atoms with E-state index in [-0.39, 0.29) is 17.8 Å². The normalized spacial score (nSPS) is 20.0. The third-order valence-electron chi connectivity index (χ3n) is 5.91. The summed E-state index contributed by atoms with van der Waals surface area (Å²) in [6.07, 6.45) is 5.56. The molecule has 0 N–H and O–H groups in total. The van der Waals surface area contributed by atoms with Crippen LogP contribution < -0.4 is 4.90 Å². The Hall–Kier alpha value is -2.08. The van der Waals surface area contributed by atoms with Crippen LogP contribution in [-0.4, -0.2) is 68.1 Å². The third-order valence-corrected chi connectivity index (χ3v) is 5.91. The molecule has 1 aromatic carbocycles. The lowest BCUT2D eigenvalue weighted by atomic mass is 9.98. The number of hydrogen-bond donors (Lipinski definition) is 0. The number of piperidine rings is 2. The van der Waals surface area contributed by atoms with E-state index in [1.807, 2.05) is 23.8 Å². The standard InChI is InChI=1S/C23H35N3O3/c1-3-29-23(28)20-8-7-15-26(17-20)22(27)18-24(2)16-19-9-11-21(12-10-19)25-13-5-4-6-14-25/h9-12,20H,3-8,13-18H2,1-2H3. The number of amides is 1. The van der Waals surface area contributed by atoms with Crippen LogP contribution in [0.5, 0.6) is 0 Å². The smallest absolute Gasteiger partial charge is 0.310 e. The van der Waals surface area contributed by atoms with Gasteiger partial charge >= 0.3 is 5.97 Å². The molecule has 0 bridgehead atoms. The quantitative estimate of drug-likeness (QED) is 0.658. The molecule has 0 radical (unpaired) electrons. The molecule has 1 aromatic rings. The highest BCUT2D eigenvalue weighted by Gasteiger charge is 2.29. The van der Waals surface area contributed by atoms with Crippen LogP contribution in [0.25, 0.3) is 0 Å². The van der Waals surface area contributed by atoms with Gasteiger partial charge in [-0.3, -0.25) is 14.5 Å². The molecule has 29 heavy (non-hydrogen) atoms. The number of benzene rings is 1. The van der Waals surface area contributed by atoms with Crippen molar-refractivity contribution >= 4 is 17.6 Å². The summed E-state index contributed by atoms with van der Waals surface area (Å²) in [5, 5.41) is 0. The number of likely N-dealkylation sites (N-methyl/N-ethyl adjacent to an activating group) is 1. The van der Waals surface area contributed by atoms with Gasteiger partial charge in [-0.2, -0.15) is 0 Å². The number of esters is 1. The summed E-state index contributed by atoms with van der Waals surface area (Å²) in [5.74, 6) is -0.265. The van der Waals surface area contributed by atoms with E-state index in [0.29, 0.717) is 19.7 Å². The molecule has 1 amide bonds. The molecule has 2 fully saturated rings. The van der Waals surface area contributed by atoms with Crippen LogP contribution >= 0.6 is 0 Å². The van der Waals surface area contributed by atoms with Crippen molar-refractivity contribution < 1.29 is 14.3 Å². The van der Waals surface area contributed by atoms with Crippen LogP contribution in [0.15, 0.2) is 24.3 Å². The molecule has 6 heteroatoms. The van der Waals surface area contributed by atoms with Gasteiger partial charge in [0.25, 0.3) is 0 Å². The summed E-state index contributed by atoms with van der Waals surface area (Å²) >= 11 is 0. The van der Waals surface area contributed by atoms with E-state index in [9.17, 15) is 9.59 Å². The van der Waals surface area contributed by atoms with Crippen molar-refractivity contribution in [3.8, 4) is 0 Å². The van der Waals surface area contributed by atoms with Crippen molar-refractivity contribution in [1.82, 2.24) is 9.80 Å². The minimum atomic E-state index is -0.180. The molecule has 0 aromatic heterocycles. The first-order valence-corrected chi connectivity index (χ1v) is 11.0. The predicted octanol–water partition coefficient (Wildman–Crippen LogP) is 2.91. The Kier molecular flexibility index (Phi) is 7.92. The number of anilines is 1. The molecule has 0 saturated carbocycles. The fourth-order valence-electron chi connectivity index (χ4n) is 4.32. The van der Waals surface area contributed by atoms with Crippen molar-refractivity contribution in [3.05, 3.63) is 29.8 Å². The van der Waals surface area contributed by atoms with Crippen LogP contribution in [0.3, 0.4) is 0 Å². The van der Waals surface area contributed by atoms with E-state index in [4.69, 9.17) is 4.74 Å². The van der Waals surface area contributed by atoms with Gasteiger partial charge in [0.2, 0.25) is 5.91 Å². The number of carbonyl (C=O) groups is 2. The van der Waals surface area contributed by atoms with E-state index < -0.39 is 0 Å². The fourth-order valence-corrected chi connectivity index (χ4v) is 4.32. The summed E-state index contributed by atoms with van der Waals surface area (Å²) < 4.78 is 5.13. The highest BCUT2D eigenvalue weighted by atomic mass is 16.5. The summed E-state index contributed by atoms with van der Waals surface area (Å²) in [6, 6.07) is 8.74. The predicted molar refractivity (Wildman–Crippen MR) is 115 cm³/mol. The highest BCUT2D eigenvalue weighted by Crippen LogP contribution is 2.21. The fraction of sp³-hybridized carbons (Fsp3) is 0.652. The van der Waals surface area contributed by atoms with Gasteiger partial charge in [0.15, 0.2) is 0 Å². The Balaban J connectivity index is 1.47. The Morgan fingerprint density at radius 2 is 1.79 bits per heavy atom. The van der Waals surface area contributed by atoms with Crippen LogP contribution in [-0.2, 0) is 20.9 Å². The van der Waals surface area contributed by atoms with Crippen molar-refractivity contribution in [2.45, 2.75) is 45.6 Å². The first-order valence-electron chi connectivity index (χ1n) is 11.0. The average molecular weight is 402 g/mol. The number of ether oxygens (including phenoxy) is 1. The first-order chi connectivity index (χ1) is 14.1. The van der Waals surface area contributed by atoms with E-state index in [0.717, 1.165) is 39.0 Å². The summed E-state index contributed by atoms with van der Waals surface area (Å²) in [5.41, 5.74) is 2.51. The molecule has 3 rings (SSSR count). The third kappa shape index (κ3) is 6.20. The topological polar surface area (TPSA) is 53.1 Å².